The Morgan fingerprint density at radius 3 is 2.78 bits per heavy atom. The van der Waals surface area contributed by atoms with Crippen molar-refractivity contribution < 1.29 is 4.92 Å². The number of rotatable bonds is 2. The Labute approximate surface area is 155 Å². The molecule has 1 atom stereocenters. The summed E-state index contributed by atoms with van der Waals surface area (Å²) in [5, 5.41) is 16.3. The van der Waals surface area contributed by atoms with Crippen LogP contribution in [0, 0.1) is 17.0 Å². The number of benzene rings is 2. The minimum Gasteiger partial charge on any atom is -0.373 e. The van der Waals surface area contributed by atoms with E-state index in [9.17, 15) is 10.1 Å². The number of hydrogen-bond acceptors (Lipinski definition) is 4. The second-order valence-corrected chi connectivity index (χ2v) is 6.77. The number of aryl methyl sites for hydroxylation is 1. The van der Waals surface area contributed by atoms with Gasteiger partial charge < -0.3 is 10.3 Å². The molecule has 1 unspecified atom stereocenters. The molecule has 0 fully saturated rings. The molecule has 2 aromatic carbocycles. The van der Waals surface area contributed by atoms with Crippen molar-refractivity contribution in [3.8, 4) is 11.1 Å². The Bertz CT molecular complexity index is 1210. The van der Waals surface area contributed by atoms with Gasteiger partial charge in [0.1, 0.15) is 5.65 Å². The number of H-pyrrole nitrogens is 1. The molecular weight excluding hydrogens is 340 g/mol. The van der Waals surface area contributed by atoms with Crippen LogP contribution in [0.5, 0.6) is 0 Å². The second kappa shape index (κ2) is 5.67. The van der Waals surface area contributed by atoms with Gasteiger partial charge in [-0.15, -0.1) is 0 Å². The minimum atomic E-state index is -0.355. The van der Waals surface area contributed by atoms with Crippen molar-refractivity contribution in [2.24, 2.45) is 0 Å². The number of pyridine rings is 1. The average molecular weight is 356 g/mol. The van der Waals surface area contributed by atoms with Gasteiger partial charge in [0.2, 0.25) is 0 Å². The standard InChI is InChI=1S/C21H16N4O2/c1-12-6-7-15(18(10-12)25(26)27)20-16-11-23-21-19(16)14(8-9-22-21)13-4-2-3-5-17(13)24-20/h2-11,20,24H,1H3,(H,22,23). The van der Waals surface area contributed by atoms with Crippen molar-refractivity contribution in [1.29, 1.82) is 0 Å². The smallest absolute Gasteiger partial charge is 0.275 e. The molecule has 5 rings (SSSR count). The van der Waals surface area contributed by atoms with Gasteiger partial charge in [-0.2, -0.15) is 0 Å². The Kier molecular flexibility index (Phi) is 3.27. The molecule has 0 saturated heterocycles. The van der Waals surface area contributed by atoms with Gasteiger partial charge in [-0.05, 0) is 36.2 Å². The van der Waals surface area contributed by atoms with Crippen LogP contribution in [0.4, 0.5) is 11.4 Å². The van der Waals surface area contributed by atoms with Crippen LogP contribution in [0.2, 0.25) is 0 Å². The van der Waals surface area contributed by atoms with Crippen LogP contribution in [-0.4, -0.2) is 14.9 Å². The summed E-state index contributed by atoms with van der Waals surface area (Å²) < 4.78 is 0. The highest BCUT2D eigenvalue weighted by molar-refractivity contribution is 6.01. The molecule has 0 saturated carbocycles. The lowest BCUT2D eigenvalue weighted by molar-refractivity contribution is -0.385. The molecule has 0 amide bonds. The molecule has 1 aliphatic heterocycles. The van der Waals surface area contributed by atoms with E-state index in [1.807, 2.05) is 49.5 Å². The number of aromatic nitrogens is 2. The van der Waals surface area contributed by atoms with Crippen molar-refractivity contribution in [3.63, 3.8) is 0 Å². The van der Waals surface area contributed by atoms with Gasteiger partial charge >= 0.3 is 0 Å². The second-order valence-electron chi connectivity index (χ2n) is 6.77. The summed E-state index contributed by atoms with van der Waals surface area (Å²) in [5.41, 5.74) is 6.42. The highest BCUT2D eigenvalue weighted by Gasteiger charge is 2.30. The third-order valence-corrected chi connectivity index (χ3v) is 5.13. The van der Waals surface area contributed by atoms with Crippen LogP contribution < -0.4 is 5.32 Å². The zero-order valence-corrected chi connectivity index (χ0v) is 14.6. The number of nitrogens with zero attached hydrogens (tertiary/aromatic N) is 2. The SMILES string of the molecule is Cc1ccc(C2Nc3ccccc3-c3ccnc4[nH]cc2c34)c([N+](=O)[O-])c1. The molecule has 2 N–H and O–H groups in total. The van der Waals surface area contributed by atoms with Gasteiger partial charge in [-0.1, -0.05) is 24.3 Å². The molecule has 3 heterocycles. The Balaban J connectivity index is 1.84. The Morgan fingerprint density at radius 1 is 1.07 bits per heavy atom. The summed E-state index contributed by atoms with van der Waals surface area (Å²) in [6.07, 6.45) is 3.68. The Hall–Kier alpha value is -3.67. The van der Waals surface area contributed by atoms with Crippen molar-refractivity contribution in [2.75, 3.05) is 5.32 Å². The van der Waals surface area contributed by atoms with Crippen molar-refractivity contribution >= 4 is 22.4 Å². The molecular formula is C21H16N4O2. The monoisotopic (exact) mass is 356 g/mol. The number of fused-ring (bicyclic) bond motifs is 2. The predicted octanol–water partition coefficient (Wildman–Crippen LogP) is 4.96. The number of anilines is 1. The maximum Gasteiger partial charge on any atom is 0.275 e. The van der Waals surface area contributed by atoms with Gasteiger partial charge in [0.25, 0.3) is 5.69 Å². The first-order valence-corrected chi connectivity index (χ1v) is 8.70. The molecule has 6 nitrogen and oxygen atoms in total. The topological polar surface area (TPSA) is 83.8 Å². The lowest BCUT2D eigenvalue weighted by Crippen LogP contribution is -2.13. The van der Waals surface area contributed by atoms with E-state index >= 15 is 0 Å². The number of nitrogens with one attached hydrogen (secondary N) is 2. The number of aromatic amines is 1. The first-order chi connectivity index (χ1) is 13.1. The molecule has 0 radical (unpaired) electrons. The van der Waals surface area contributed by atoms with Crippen LogP contribution in [0.25, 0.3) is 22.2 Å². The number of nitro groups is 1. The lowest BCUT2D eigenvalue weighted by atomic mass is 9.95. The normalized spacial score (nSPS) is 15.1. The quantitative estimate of drug-likeness (QED) is 0.393. The lowest BCUT2D eigenvalue weighted by Gasteiger charge is -2.19. The summed E-state index contributed by atoms with van der Waals surface area (Å²) in [6.45, 7) is 1.86. The maximum absolute atomic E-state index is 11.7. The summed E-state index contributed by atoms with van der Waals surface area (Å²) in [5.74, 6) is 0. The van der Waals surface area contributed by atoms with Crippen LogP contribution >= 0.6 is 0 Å². The first-order valence-electron chi connectivity index (χ1n) is 8.70. The van der Waals surface area contributed by atoms with Crippen LogP contribution in [0.3, 0.4) is 0 Å². The van der Waals surface area contributed by atoms with Crippen molar-refractivity contribution in [3.05, 3.63) is 87.7 Å². The number of nitro benzene ring substituents is 1. The molecule has 27 heavy (non-hydrogen) atoms. The summed E-state index contributed by atoms with van der Waals surface area (Å²) in [6, 6.07) is 15.0. The molecule has 6 heteroatoms. The highest BCUT2D eigenvalue weighted by atomic mass is 16.6. The molecule has 132 valence electrons. The number of para-hydroxylation sites is 1. The molecule has 0 bridgehead atoms. The fourth-order valence-corrected chi connectivity index (χ4v) is 3.91. The van der Waals surface area contributed by atoms with E-state index in [1.54, 1.807) is 12.3 Å². The van der Waals surface area contributed by atoms with Crippen LogP contribution in [0.1, 0.15) is 22.7 Å². The van der Waals surface area contributed by atoms with Crippen molar-refractivity contribution in [1.82, 2.24) is 9.97 Å². The van der Waals surface area contributed by atoms with Crippen molar-refractivity contribution in [2.45, 2.75) is 13.0 Å². The van der Waals surface area contributed by atoms with Crippen LogP contribution in [0.15, 0.2) is 60.9 Å². The molecule has 0 spiro atoms. The summed E-state index contributed by atoms with van der Waals surface area (Å²) >= 11 is 0. The van der Waals surface area contributed by atoms with E-state index in [4.69, 9.17) is 0 Å². The van der Waals surface area contributed by atoms with E-state index in [0.717, 1.165) is 39.0 Å². The van der Waals surface area contributed by atoms with E-state index in [-0.39, 0.29) is 16.7 Å². The van der Waals surface area contributed by atoms with E-state index in [0.29, 0.717) is 5.56 Å². The minimum absolute atomic E-state index is 0.117. The average Bonchev–Trinajstić information content (AvgIpc) is 3.04. The Morgan fingerprint density at radius 2 is 1.93 bits per heavy atom. The predicted molar refractivity (Wildman–Crippen MR) is 105 cm³/mol. The molecule has 0 aliphatic carbocycles. The highest BCUT2D eigenvalue weighted by Crippen LogP contribution is 2.44. The van der Waals surface area contributed by atoms with Gasteiger partial charge in [0.15, 0.2) is 0 Å². The third-order valence-electron chi connectivity index (χ3n) is 5.13. The number of hydrogen-bond donors (Lipinski definition) is 2. The fraction of sp³-hybridized carbons (Fsp3) is 0.0952. The van der Waals surface area contributed by atoms with Crippen LogP contribution in [-0.2, 0) is 0 Å². The zero-order chi connectivity index (χ0) is 18.5. The largest absolute Gasteiger partial charge is 0.373 e. The maximum atomic E-state index is 11.7. The van der Waals surface area contributed by atoms with E-state index in [1.165, 1.54) is 0 Å². The summed E-state index contributed by atoms with van der Waals surface area (Å²) in [7, 11) is 0. The molecule has 4 aromatic rings. The van der Waals surface area contributed by atoms with Gasteiger partial charge in [-0.25, -0.2) is 4.98 Å². The van der Waals surface area contributed by atoms with Gasteiger partial charge in [0.05, 0.1) is 16.5 Å². The molecule has 1 aliphatic rings. The zero-order valence-electron chi connectivity index (χ0n) is 14.6. The summed E-state index contributed by atoms with van der Waals surface area (Å²) in [4.78, 5) is 19.1. The molecule has 2 aromatic heterocycles. The van der Waals surface area contributed by atoms with Gasteiger partial charge in [0, 0.05) is 40.7 Å². The van der Waals surface area contributed by atoms with Gasteiger partial charge in [-0.3, -0.25) is 10.1 Å². The van der Waals surface area contributed by atoms with E-state index < -0.39 is 0 Å². The third kappa shape index (κ3) is 2.30. The fourth-order valence-electron chi connectivity index (χ4n) is 3.91. The van der Waals surface area contributed by atoms with E-state index in [2.05, 4.69) is 21.4 Å². The first kappa shape index (κ1) is 15.6.